The number of thioether (sulfide) groups is 1. The maximum Gasteiger partial charge on any atom is 0.267 e. The highest BCUT2D eigenvalue weighted by Gasteiger charge is 2.23. The zero-order valence-electron chi connectivity index (χ0n) is 17.7. The first kappa shape index (κ1) is 20.4. The summed E-state index contributed by atoms with van der Waals surface area (Å²) in [5.74, 6) is 1.48. The molecule has 0 spiro atoms. The third kappa shape index (κ3) is 3.79. The van der Waals surface area contributed by atoms with Crippen molar-refractivity contribution in [2.24, 2.45) is 0 Å². The summed E-state index contributed by atoms with van der Waals surface area (Å²) < 4.78 is 7.20. The van der Waals surface area contributed by atoms with Crippen LogP contribution in [-0.4, -0.2) is 19.7 Å². The molecule has 1 aliphatic carbocycles. The van der Waals surface area contributed by atoms with E-state index in [9.17, 15) is 4.79 Å². The van der Waals surface area contributed by atoms with Gasteiger partial charge < -0.3 is 4.52 Å². The van der Waals surface area contributed by atoms with Crippen LogP contribution in [0.3, 0.4) is 0 Å². The van der Waals surface area contributed by atoms with Gasteiger partial charge in [0.05, 0.1) is 16.8 Å². The molecule has 3 heterocycles. The summed E-state index contributed by atoms with van der Waals surface area (Å²) >= 11 is 3.11. The van der Waals surface area contributed by atoms with Gasteiger partial charge in [-0.2, -0.15) is 4.98 Å². The van der Waals surface area contributed by atoms with E-state index in [1.165, 1.54) is 28.6 Å². The summed E-state index contributed by atoms with van der Waals surface area (Å²) in [6.07, 6.45) is 4.29. The van der Waals surface area contributed by atoms with Gasteiger partial charge >= 0.3 is 0 Å². The fourth-order valence-corrected chi connectivity index (χ4v) is 6.38. The molecule has 0 fully saturated rings. The minimum absolute atomic E-state index is 0.00334. The van der Waals surface area contributed by atoms with Crippen LogP contribution in [0, 0.1) is 0 Å². The number of hydrogen-bond acceptors (Lipinski definition) is 7. The molecular weight excluding hydrogens is 452 g/mol. The van der Waals surface area contributed by atoms with Gasteiger partial charge in [0.25, 0.3) is 5.56 Å². The Bertz CT molecular complexity index is 1490. The Hall–Kier alpha value is -3.23. The van der Waals surface area contributed by atoms with Gasteiger partial charge in [-0.3, -0.25) is 9.36 Å². The predicted molar refractivity (Wildman–Crippen MR) is 131 cm³/mol. The monoisotopic (exact) mass is 472 g/mol. The van der Waals surface area contributed by atoms with Gasteiger partial charge in [-0.05, 0) is 43.4 Å². The summed E-state index contributed by atoms with van der Waals surface area (Å²) in [6, 6.07) is 19.4. The molecule has 0 aliphatic heterocycles. The molecule has 5 aromatic rings. The molecular formula is C25H20N4O2S2. The standard InChI is InChI=1S/C25H20N4O2S2/c30-24-21-18-13-7-8-14-19(18)33-23(21)27-25(29(24)17-11-5-2-6-12-17)32-15-20-26-22(28-31-20)16-9-3-1-4-10-16/h1-6,9-12H,7-8,13-15H2. The van der Waals surface area contributed by atoms with E-state index in [2.05, 4.69) is 10.1 Å². The first-order chi connectivity index (χ1) is 16.3. The average Bonchev–Trinajstić information content (AvgIpc) is 3.48. The van der Waals surface area contributed by atoms with Crippen molar-refractivity contribution in [3.05, 3.63) is 87.3 Å². The number of nitrogens with zero attached hydrogens (tertiary/aromatic N) is 4. The number of hydrogen-bond donors (Lipinski definition) is 0. The summed E-state index contributed by atoms with van der Waals surface area (Å²) in [4.78, 5) is 25.4. The van der Waals surface area contributed by atoms with Crippen molar-refractivity contribution in [3.8, 4) is 17.1 Å². The van der Waals surface area contributed by atoms with E-state index in [1.54, 1.807) is 15.9 Å². The molecule has 0 bridgehead atoms. The van der Waals surface area contributed by atoms with Crippen molar-refractivity contribution in [2.75, 3.05) is 0 Å². The molecule has 0 unspecified atom stereocenters. The first-order valence-corrected chi connectivity index (χ1v) is 12.7. The van der Waals surface area contributed by atoms with Crippen LogP contribution in [0.4, 0.5) is 0 Å². The second-order valence-electron chi connectivity index (χ2n) is 7.93. The Labute approximate surface area is 198 Å². The van der Waals surface area contributed by atoms with Crippen molar-refractivity contribution < 1.29 is 4.52 Å². The molecule has 0 N–H and O–H groups in total. The Kier molecular flexibility index (Phi) is 5.32. The van der Waals surface area contributed by atoms with Crippen LogP contribution in [-0.2, 0) is 18.6 Å². The minimum Gasteiger partial charge on any atom is -0.338 e. The van der Waals surface area contributed by atoms with Crippen LogP contribution in [0.15, 0.2) is 75.1 Å². The van der Waals surface area contributed by atoms with Gasteiger partial charge in [0.15, 0.2) is 5.16 Å². The van der Waals surface area contributed by atoms with Crippen LogP contribution >= 0.6 is 23.1 Å². The lowest BCUT2D eigenvalue weighted by atomic mass is 9.97. The van der Waals surface area contributed by atoms with Gasteiger partial charge in [0.1, 0.15) is 4.83 Å². The third-order valence-electron chi connectivity index (χ3n) is 5.80. The van der Waals surface area contributed by atoms with Crippen LogP contribution in [0.5, 0.6) is 0 Å². The van der Waals surface area contributed by atoms with Crippen molar-refractivity contribution >= 4 is 33.3 Å². The Morgan fingerprint density at radius 3 is 2.55 bits per heavy atom. The molecule has 6 rings (SSSR count). The fraction of sp³-hybridized carbons (Fsp3) is 0.200. The normalized spacial score (nSPS) is 13.3. The average molecular weight is 473 g/mol. The van der Waals surface area contributed by atoms with E-state index >= 15 is 0 Å². The number of benzene rings is 2. The molecule has 8 heteroatoms. The topological polar surface area (TPSA) is 73.8 Å². The van der Waals surface area contributed by atoms with E-state index in [1.807, 2.05) is 60.7 Å². The molecule has 1 aliphatic rings. The smallest absolute Gasteiger partial charge is 0.267 e. The largest absolute Gasteiger partial charge is 0.338 e. The number of fused-ring (bicyclic) bond motifs is 3. The van der Waals surface area contributed by atoms with Crippen LogP contribution in [0.25, 0.3) is 27.3 Å². The molecule has 0 saturated heterocycles. The van der Waals surface area contributed by atoms with E-state index in [-0.39, 0.29) is 5.56 Å². The van der Waals surface area contributed by atoms with Crippen LogP contribution < -0.4 is 5.56 Å². The molecule has 164 valence electrons. The summed E-state index contributed by atoms with van der Waals surface area (Å²) in [6.45, 7) is 0. The van der Waals surface area contributed by atoms with E-state index in [4.69, 9.17) is 9.51 Å². The quantitative estimate of drug-likeness (QED) is 0.242. The van der Waals surface area contributed by atoms with Crippen molar-refractivity contribution in [2.45, 2.75) is 36.6 Å². The molecule has 3 aromatic heterocycles. The SMILES string of the molecule is O=c1c2c3c(sc2nc(SCc2nc(-c4ccccc4)no2)n1-c1ccccc1)CCCC3. The maximum atomic E-state index is 13.7. The first-order valence-electron chi connectivity index (χ1n) is 10.9. The molecule has 6 nitrogen and oxygen atoms in total. The maximum absolute atomic E-state index is 13.7. The lowest BCUT2D eigenvalue weighted by molar-refractivity contribution is 0.391. The van der Waals surface area contributed by atoms with Gasteiger partial charge in [-0.1, -0.05) is 65.4 Å². The van der Waals surface area contributed by atoms with Gasteiger partial charge in [-0.15, -0.1) is 11.3 Å². The number of aryl methyl sites for hydroxylation is 2. The van der Waals surface area contributed by atoms with Crippen molar-refractivity contribution in [1.82, 2.24) is 19.7 Å². The molecule has 0 amide bonds. The Morgan fingerprint density at radius 2 is 1.73 bits per heavy atom. The lowest BCUT2D eigenvalue weighted by Crippen LogP contribution is -2.22. The summed E-state index contributed by atoms with van der Waals surface area (Å²) in [5, 5.41) is 5.52. The summed E-state index contributed by atoms with van der Waals surface area (Å²) in [7, 11) is 0. The van der Waals surface area contributed by atoms with E-state index in [0.29, 0.717) is 22.6 Å². The zero-order valence-corrected chi connectivity index (χ0v) is 19.4. The second-order valence-corrected chi connectivity index (χ2v) is 9.95. The summed E-state index contributed by atoms with van der Waals surface area (Å²) in [5.41, 5.74) is 2.92. The predicted octanol–water partition coefficient (Wildman–Crippen LogP) is 5.67. The number of para-hydroxylation sites is 1. The highest BCUT2D eigenvalue weighted by Crippen LogP contribution is 2.35. The molecule has 0 saturated carbocycles. The second kappa shape index (κ2) is 8.61. The van der Waals surface area contributed by atoms with Gasteiger partial charge in [0, 0.05) is 10.4 Å². The Morgan fingerprint density at radius 1 is 0.970 bits per heavy atom. The van der Waals surface area contributed by atoms with Crippen molar-refractivity contribution in [3.63, 3.8) is 0 Å². The highest BCUT2D eigenvalue weighted by molar-refractivity contribution is 7.98. The zero-order chi connectivity index (χ0) is 22.2. The Balaban J connectivity index is 1.40. The van der Waals surface area contributed by atoms with E-state index < -0.39 is 0 Å². The molecule has 0 atom stereocenters. The minimum atomic E-state index is 0.00334. The van der Waals surface area contributed by atoms with Crippen molar-refractivity contribution in [1.29, 1.82) is 0 Å². The van der Waals surface area contributed by atoms with Crippen LogP contribution in [0.2, 0.25) is 0 Å². The highest BCUT2D eigenvalue weighted by atomic mass is 32.2. The fourth-order valence-electron chi connectivity index (χ4n) is 4.23. The third-order valence-corrected chi connectivity index (χ3v) is 7.91. The molecule has 0 radical (unpaired) electrons. The van der Waals surface area contributed by atoms with Gasteiger partial charge in [-0.25, -0.2) is 4.98 Å². The lowest BCUT2D eigenvalue weighted by Gasteiger charge is -2.13. The number of rotatable bonds is 5. The molecule has 2 aromatic carbocycles. The number of aromatic nitrogens is 4. The van der Waals surface area contributed by atoms with E-state index in [0.717, 1.165) is 40.7 Å². The number of thiophene rings is 1. The van der Waals surface area contributed by atoms with Crippen LogP contribution in [0.1, 0.15) is 29.2 Å². The van der Waals surface area contributed by atoms with Gasteiger partial charge in [0.2, 0.25) is 11.7 Å². The molecule has 33 heavy (non-hydrogen) atoms.